The van der Waals surface area contributed by atoms with Crippen LogP contribution in [0.5, 0.6) is 0 Å². The number of hydrogen-bond donors (Lipinski definition) is 1. The minimum absolute atomic E-state index is 0.0613. The molecule has 5 aromatic rings. The van der Waals surface area contributed by atoms with Gasteiger partial charge in [-0.2, -0.15) is 5.10 Å². The van der Waals surface area contributed by atoms with E-state index >= 15 is 0 Å². The second-order valence-electron chi connectivity index (χ2n) is 7.46. The quantitative estimate of drug-likeness (QED) is 0.450. The first-order valence-corrected chi connectivity index (χ1v) is 10.6. The number of nitrogens with two attached hydrogens (primary N) is 1. The molecule has 5 rings (SSSR count). The summed E-state index contributed by atoms with van der Waals surface area (Å²) in [6.07, 6.45) is 9.43. The molecule has 0 saturated carbocycles. The number of carbonyl (C=O) groups is 1. The van der Waals surface area contributed by atoms with Crippen molar-refractivity contribution in [1.82, 2.24) is 24.6 Å². The summed E-state index contributed by atoms with van der Waals surface area (Å²) in [7, 11) is 3.49. The molecule has 9 heteroatoms. The van der Waals surface area contributed by atoms with Gasteiger partial charge in [-0.25, -0.2) is 4.98 Å². The number of nitrogens with zero attached hydrogens (tertiary/aromatic N) is 5. The lowest BCUT2D eigenvalue weighted by molar-refractivity contribution is -0.128. The zero-order valence-corrected chi connectivity index (χ0v) is 17.9. The second-order valence-corrected chi connectivity index (χ2v) is 8.37. The van der Waals surface area contributed by atoms with E-state index in [-0.39, 0.29) is 5.91 Å². The highest BCUT2D eigenvalue weighted by Gasteiger charge is 2.18. The number of aryl methyl sites for hydroxylation is 1. The molecule has 5 aromatic heterocycles. The molecule has 0 spiro atoms. The van der Waals surface area contributed by atoms with Crippen molar-refractivity contribution in [3.63, 3.8) is 0 Å². The molecule has 156 valence electrons. The molecule has 5 heterocycles. The molecule has 0 aliphatic heterocycles. The Kier molecular flexibility index (Phi) is 4.67. The molecule has 31 heavy (non-hydrogen) atoms. The van der Waals surface area contributed by atoms with E-state index in [0.29, 0.717) is 24.4 Å². The van der Waals surface area contributed by atoms with Crippen molar-refractivity contribution in [3.05, 3.63) is 48.5 Å². The molecule has 0 saturated heterocycles. The van der Waals surface area contributed by atoms with Gasteiger partial charge in [-0.05, 0) is 12.1 Å². The van der Waals surface area contributed by atoms with E-state index in [1.54, 1.807) is 53.6 Å². The van der Waals surface area contributed by atoms with E-state index < -0.39 is 0 Å². The van der Waals surface area contributed by atoms with Crippen LogP contribution in [0.2, 0.25) is 0 Å². The highest BCUT2D eigenvalue weighted by Crippen LogP contribution is 2.40. The lowest BCUT2D eigenvalue weighted by Crippen LogP contribution is -2.22. The fourth-order valence-electron chi connectivity index (χ4n) is 3.54. The van der Waals surface area contributed by atoms with Crippen molar-refractivity contribution in [2.24, 2.45) is 0 Å². The average Bonchev–Trinajstić information content (AvgIpc) is 3.50. The standard InChI is InChI=1S/C22H20N6O2S/c1-27(2)20(29)4-6-28-11-13(8-26-28)16-9-25-22(23)21-15(16)7-18(30-21)17-12-31-19-10-24-5-3-14(17)19/h3,5,7-12H,4,6H2,1-2H3,(H2,23,25). The first-order valence-electron chi connectivity index (χ1n) is 9.74. The van der Waals surface area contributed by atoms with Crippen LogP contribution < -0.4 is 5.73 Å². The smallest absolute Gasteiger partial charge is 0.223 e. The van der Waals surface area contributed by atoms with E-state index in [0.717, 1.165) is 37.9 Å². The molecule has 0 atom stereocenters. The van der Waals surface area contributed by atoms with Crippen LogP contribution in [0.15, 0.2) is 52.9 Å². The Morgan fingerprint density at radius 2 is 2.10 bits per heavy atom. The normalized spacial score (nSPS) is 11.4. The monoisotopic (exact) mass is 432 g/mol. The summed E-state index contributed by atoms with van der Waals surface area (Å²) in [5.41, 5.74) is 9.45. The zero-order chi connectivity index (χ0) is 21.5. The van der Waals surface area contributed by atoms with E-state index in [1.807, 2.05) is 24.5 Å². The predicted molar refractivity (Wildman–Crippen MR) is 122 cm³/mol. The molecule has 2 N–H and O–H groups in total. The molecule has 0 bridgehead atoms. The number of carbonyl (C=O) groups excluding carboxylic acids is 1. The number of fused-ring (bicyclic) bond motifs is 2. The van der Waals surface area contributed by atoms with Gasteiger partial charge in [0.15, 0.2) is 11.4 Å². The third-order valence-electron chi connectivity index (χ3n) is 5.23. The maximum absolute atomic E-state index is 11.9. The fourth-order valence-corrected chi connectivity index (χ4v) is 4.45. The van der Waals surface area contributed by atoms with Crippen molar-refractivity contribution in [3.8, 4) is 22.5 Å². The molecule has 0 aliphatic rings. The number of anilines is 1. The number of aromatic nitrogens is 4. The van der Waals surface area contributed by atoms with E-state index in [4.69, 9.17) is 10.2 Å². The lowest BCUT2D eigenvalue weighted by atomic mass is 10.1. The third-order valence-corrected chi connectivity index (χ3v) is 6.16. The molecule has 1 amide bonds. The molecule has 0 fully saturated rings. The molecule has 0 aliphatic carbocycles. The predicted octanol–water partition coefficient (Wildman–Crippen LogP) is 4.03. The number of hydrogen-bond acceptors (Lipinski definition) is 7. The summed E-state index contributed by atoms with van der Waals surface area (Å²) in [4.78, 5) is 21.9. The van der Waals surface area contributed by atoms with Crippen LogP contribution in [0.25, 0.3) is 43.5 Å². The van der Waals surface area contributed by atoms with Gasteiger partial charge in [0.1, 0.15) is 5.76 Å². The van der Waals surface area contributed by atoms with Gasteiger partial charge in [0.25, 0.3) is 0 Å². The van der Waals surface area contributed by atoms with E-state index in [1.165, 1.54) is 0 Å². The molecular weight excluding hydrogens is 412 g/mol. The number of amides is 1. The van der Waals surface area contributed by atoms with Crippen LogP contribution in [0.3, 0.4) is 0 Å². The summed E-state index contributed by atoms with van der Waals surface area (Å²) in [6.45, 7) is 0.508. The number of thiophene rings is 1. The van der Waals surface area contributed by atoms with Gasteiger partial charge in [0.05, 0.1) is 10.9 Å². The Balaban J connectivity index is 1.54. The molecule has 0 unspecified atom stereocenters. The fraction of sp³-hybridized carbons (Fsp3) is 0.182. The summed E-state index contributed by atoms with van der Waals surface area (Å²) >= 11 is 1.62. The van der Waals surface area contributed by atoms with Crippen molar-refractivity contribution < 1.29 is 9.21 Å². The highest BCUT2D eigenvalue weighted by molar-refractivity contribution is 7.17. The highest BCUT2D eigenvalue weighted by atomic mass is 32.1. The Hall–Kier alpha value is -3.72. The van der Waals surface area contributed by atoms with Gasteiger partial charge in [-0.15, -0.1) is 11.3 Å². The number of rotatable bonds is 5. The van der Waals surface area contributed by atoms with Crippen LogP contribution >= 0.6 is 11.3 Å². The number of pyridine rings is 2. The van der Waals surface area contributed by atoms with Crippen LogP contribution in [0, 0.1) is 0 Å². The van der Waals surface area contributed by atoms with Gasteiger partial charge in [0, 0.05) is 84.7 Å². The van der Waals surface area contributed by atoms with Crippen molar-refractivity contribution in [2.45, 2.75) is 13.0 Å². The average molecular weight is 433 g/mol. The Morgan fingerprint density at radius 3 is 2.94 bits per heavy atom. The van der Waals surface area contributed by atoms with Crippen molar-refractivity contribution in [2.75, 3.05) is 19.8 Å². The maximum atomic E-state index is 11.9. The molecular formula is C22H20N6O2S. The summed E-state index contributed by atoms with van der Waals surface area (Å²) in [5.74, 6) is 1.14. The lowest BCUT2D eigenvalue weighted by Gasteiger charge is -2.09. The number of furan rings is 1. The Bertz CT molecular complexity index is 1410. The van der Waals surface area contributed by atoms with Gasteiger partial charge in [-0.3, -0.25) is 14.5 Å². The van der Waals surface area contributed by atoms with E-state index in [9.17, 15) is 4.79 Å². The van der Waals surface area contributed by atoms with Gasteiger partial charge in [-0.1, -0.05) is 0 Å². The second kappa shape index (κ2) is 7.51. The van der Waals surface area contributed by atoms with Crippen molar-refractivity contribution >= 4 is 44.1 Å². The van der Waals surface area contributed by atoms with Gasteiger partial charge < -0.3 is 15.1 Å². The van der Waals surface area contributed by atoms with Crippen LogP contribution in [0.4, 0.5) is 5.82 Å². The largest absolute Gasteiger partial charge is 0.452 e. The minimum atomic E-state index is 0.0613. The first-order chi connectivity index (χ1) is 15.0. The topological polar surface area (TPSA) is 103 Å². The molecule has 0 aromatic carbocycles. The Labute approximate surface area is 181 Å². The summed E-state index contributed by atoms with van der Waals surface area (Å²) < 4.78 is 9.01. The molecule has 8 nitrogen and oxygen atoms in total. The Morgan fingerprint density at radius 1 is 1.23 bits per heavy atom. The first kappa shape index (κ1) is 19.3. The maximum Gasteiger partial charge on any atom is 0.223 e. The van der Waals surface area contributed by atoms with Crippen molar-refractivity contribution in [1.29, 1.82) is 0 Å². The van der Waals surface area contributed by atoms with Gasteiger partial charge >= 0.3 is 0 Å². The summed E-state index contributed by atoms with van der Waals surface area (Å²) in [5, 5.41) is 8.43. The van der Waals surface area contributed by atoms with Crippen LogP contribution in [-0.2, 0) is 11.3 Å². The zero-order valence-electron chi connectivity index (χ0n) is 17.1. The SMILES string of the molecule is CN(C)C(=O)CCn1cc(-c2cnc(N)c3oc(-c4csc5cnccc45)cc23)cn1. The van der Waals surface area contributed by atoms with Crippen LogP contribution in [0.1, 0.15) is 6.42 Å². The summed E-state index contributed by atoms with van der Waals surface area (Å²) in [6, 6.07) is 3.98. The third kappa shape index (κ3) is 3.42. The number of nitrogen functional groups attached to an aromatic ring is 1. The minimum Gasteiger partial charge on any atom is -0.452 e. The van der Waals surface area contributed by atoms with Crippen LogP contribution in [-0.4, -0.2) is 44.7 Å². The van der Waals surface area contributed by atoms with Gasteiger partial charge in [0.2, 0.25) is 5.91 Å². The molecule has 0 radical (unpaired) electrons. The van der Waals surface area contributed by atoms with E-state index in [2.05, 4.69) is 20.4 Å².